The highest BCUT2D eigenvalue weighted by Crippen LogP contribution is 2.17. The molecule has 0 aromatic heterocycles. The van der Waals surface area contributed by atoms with Gasteiger partial charge in [-0.2, -0.15) is 0 Å². The van der Waals surface area contributed by atoms with Crippen molar-refractivity contribution in [3.8, 4) is 0 Å². The zero-order chi connectivity index (χ0) is 13.9. The van der Waals surface area contributed by atoms with E-state index >= 15 is 0 Å². The standard InChI is InChI=1S/C12H17NO4S/c1-8(2)7-18(16,17)13-10-4-5-11(12(14)15)9(3)6-10/h4-6,8,13H,7H2,1-3H3,(H,14,15). The second kappa shape index (κ2) is 5.39. The van der Waals surface area contributed by atoms with Gasteiger partial charge in [-0.3, -0.25) is 4.72 Å². The number of carboxylic acids is 1. The number of aryl methyl sites for hydroxylation is 1. The Labute approximate surface area is 107 Å². The second-order valence-electron chi connectivity index (χ2n) is 4.61. The molecule has 0 spiro atoms. The average Bonchev–Trinajstić information content (AvgIpc) is 2.13. The molecule has 6 heteroatoms. The summed E-state index contributed by atoms with van der Waals surface area (Å²) in [7, 11) is -3.38. The minimum absolute atomic E-state index is 0.0295. The molecule has 0 atom stereocenters. The predicted molar refractivity (Wildman–Crippen MR) is 70.4 cm³/mol. The van der Waals surface area contributed by atoms with Crippen molar-refractivity contribution < 1.29 is 18.3 Å². The number of sulfonamides is 1. The summed E-state index contributed by atoms with van der Waals surface area (Å²) in [5, 5.41) is 8.87. The van der Waals surface area contributed by atoms with E-state index in [0.717, 1.165) is 0 Å². The van der Waals surface area contributed by atoms with Crippen molar-refractivity contribution in [3.05, 3.63) is 29.3 Å². The van der Waals surface area contributed by atoms with Crippen molar-refractivity contribution >= 4 is 21.7 Å². The number of benzene rings is 1. The summed E-state index contributed by atoms with van der Waals surface area (Å²) in [5.74, 6) is -0.960. The van der Waals surface area contributed by atoms with Crippen LogP contribution in [-0.2, 0) is 10.0 Å². The Bertz CT molecular complexity index is 549. The van der Waals surface area contributed by atoms with Gasteiger partial charge in [-0.1, -0.05) is 13.8 Å². The Kier molecular flexibility index (Phi) is 4.34. The molecule has 1 aromatic carbocycles. The molecule has 0 saturated carbocycles. The predicted octanol–water partition coefficient (Wildman–Crippen LogP) is 2.09. The fourth-order valence-corrected chi connectivity index (χ4v) is 3.07. The van der Waals surface area contributed by atoms with Crippen LogP contribution in [-0.4, -0.2) is 25.2 Å². The van der Waals surface area contributed by atoms with Gasteiger partial charge in [-0.05, 0) is 36.6 Å². The molecule has 0 saturated heterocycles. The van der Waals surface area contributed by atoms with E-state index in [1.807, 2.05) is 13.8 Å². The number of carbonyl (C=O) groups is 1. The summed E-state index contributed by atoms with van der Waals surface area (Å²) in [4.78, 5) is 10.8. The molecule has 0 heterocycles. The van der Waals surface area contributed by atoms with E-state index in [9.17, 15) is 13.2 Å². The molecular formula is C12H17NO4S. The molecule has 1 aromatic rings. The van der Waals surface area contributed by atoms with Crippen molar-refractivity contribution in [1.82, 2.24) is 0 Å². The average molecular weight is 271 g/mol. The fourth-order valence-electron chi connectivity index (χ4n) is 1.63. The molecule has 0 unspecified atom stereocenters. The molecule has 0 aliphatic heterocycles. The monoisotopic (exact) mass is 271 g/mol. The number of rotatable bonds is 5. The van der Waals surface area contributed by atoms with Crippen LogP contribution >= 0.6 is 0 Å². The lowest BCUT2D eigenvalue weighted by Gasteiger charge is -2.11. The summed E-state index contributed by atoms with van der Waals surface area (Å²) in [6, 6.07) is 4.36. The SMILES string of the molecule is Cc1cc(NS(=O)(=O)CC(C)C)ccc1C(=O)O. The first-order valence-electron chi connectivity index (χ1n) is 5.55. The van der Waals surface area contributed by atoms with Gasteiger partial charge in [0, 0.05) is 5.69 Å². The van der Waals surface area contributed by atoms with Crippen LogP contribution in [0.2, 0.25) is 0 Å². The molecule has 0 amide bonds. The molecule has 2 N–H and O–H groups in total. The normalized spacial score (nSPS) is 11.6. The van der Waals surface area contributed by atoms with Gasteiger partial charge in [0.1, 0.15) is 0 Å². The van der Waals surface area contributed by atoms with Crippen molar-refractivity contribution in [2.75, 3.05) is 10.5 Å². The van der Waals surface area contributed by atoms with Crippen LogP contribution in [0, 0.1) is 12.8 Å². The minimum atomic E-state index is -3.38. The topological polar surface area (TPSA) is 83.5 Å². The maximum absolute atomic E-state index is 11.7. The number of nitrogens with one attached hydrogen (secondary N) is 1. The van der Waals surface area contributed by atoms with E-state index in [1.54, 1.807) is 6.92 Å². The maximum atomic E-state index is 11.7. The summed E-state index contributed by atoms with van der Waals surface area (Å²) in [6.07, 6.45) is 0. The third kappa shape index (κ3) is 4.03. The molecule has 18 heavy (non-hydrogen) atoms. The zero-order valence-electron chi connectivity index (χ0n) is 10.6. The van der Waals surface area contributed by atoms with Gasteiger partial charge in [-0.25, -0.2) is 13.2 Å². The number of aromatic carboxylic acids is 1. The van der Waals surface area contributed by atoms with Gasteiger partial charge < -0.3 is 5.11 Å². The Balaban J connectivity index is 2.94. The summed E-state index contributed by atoms with van der Waals surface area (Å²) < 4.78 is 25.9. The van der Waals surface area contributed by atoms with Gasteiger partial charge in [0.2, 0.25) is 10.0 Å². The first-order valence-corrected chi connectivity index (χ1v) is 7.21. The molecule has 0 aliphatic rings. The van der Waals surface area contributed by atoms with Gasteiger partial charge in [0.25, 0.3) is 0 Å². The number of hydrogen-bond donors (Lipinski definition) is 2. The summed E-state index contributed by atoms with van der Waals surface area (Å²) in [5.41, 5.74) is 1.08. The Morgan fingerprint density at radius 2 is 2.00 bits per heavy atom. The zero-order valence-corrected chi connectivity index (χ0v) is 11.4. The van der Waals surface area contributed by atoms with Gasteiger partial charge in [0.15, 0.2) is 0 Å². The van der Waals surface area contributed by atoms with Crippen LogP contribution in [0.3, 0.4) is 0 Å². The first-order chi connectivity index (χ1) is 8.21. The lowest BCUT2D eigenvalue weighted by molar-refractivity contribution is 0.0696. The van der Waals surface area contributed by atoms with Gasteiger partial charge in [-0.15, -0.1) is 0 Å². The molecule has 5 nitrogen and oxygen atoms in total. The summed E-state index contributed by atoms with van der Waals surface area (Å²) in [6.45, 7) is 5.26. The lowest BCUT2D eigenvalue weighted by atomic mass is 10.1. The van der Waals surface area contributed by atoms with E-state index in [0.29, 0.717) is 11.3 Å². The molecule has 100 valence electrons. The van der Waals surface area contributed by atoms with E-state index in [4.69, 9.17) is 5.11 Å². The highest BCUT2D eigenvalue weighted by molar-refractivity contribution is 7.92. The third-order valence-electron chi connectivity index (χ3n) is 2.28. The van der Waals surface area contributed by atoms with Gasteiger partial charge in [0.05, 0.1) is 11.3 Å². The van der Waals surface area contributed by atoms with Crippen LogP contribution in [0.15, 0.2) is 18.2 Å². The smallest absolute Gasteiger partial charge is 0.335 e. The van der Waals surface area contributed by atoms with E-state index in [-0.39, 0.29) is 17.2 Å². The molecular weight excluding hydrogens is 254 g/mol. The maximum Gasteiger partial charge on any atom is 0.335 e. The number of carboxylic acid groups (broad SMARTS) is 1. The van der Waals surface area contributed by atoms with Crippen LogP contribution in [0.25, 0.3) is 0 Å². The fraction of sp³-hybridized carbons (Fsp3) is 0.417. The van der Waals surface area contributed by atoms with Gasteiger partial charge >= 0.3 is 5.97 Å². The third-order valence-corrected chi connectivity index (χ3v) is 3.94. The highest BCUT2D eigenvalue weighted by atomic mass is 32.2. The largest absolute Gasteiger partial charge is 0.478 e. The Morgan fingerprint density at radius 1 is 1.39 bits per heavy atom. The second-order valence-corrected chi connectivity index (χ2v) is 6.38. The van der Waals surface area contributed by atoms with Crippen LogP contribution in [0.1, 0.15) is 29.8 Å². The van der Waals surface area contributed by atoms with E-state index in [1.165, 1.54) is 18.2 Å². The van der Waals surface area contributed by atoms with Crippen molar-refractivity contribution in [3.63, 3.8) is 0 Å². The van der Waals surface area contributed by atoms with Crippen molar-refractivity contribution in [2.24, 2.45) is 5.92 Å². The number of anilines is 1. The minimum Gasteiger partial charge on any atom is -0.478 e. The first kappa shape index (κ1) is 14.5. The lowest BCUT2D eigenvalue weighted by Crippen LogP contribution is -2.20. The molecule has 0 radical (unpaired) electrons. The van der Waals surface area contributed by atoms with Crippen LogP contribution < -0.4 is 4.72 Å². The van der Waals surface area contributed by atoms with Crippen LogP contribution in [0.5, 0.6) is 0 Å². The highest BCUT2D eigenvalue weighted by Gasteiger charge is 2.14. The molecule has 0 bridgehead atoms. The molecule has 0 fully saturated rings. The Morgan fingerprint density at radius 3 is 2.44 bits per heavy atom. The van der Waals surface area contributed by atoms with E-state index in [2.05, 4.69) is 4.72 Å². The quantitative estimate of drug-likeness (QED) is 0.859. The Hall–Kier alpha value is -1.56. The summed E-state index contributed by atoms with van der Waals surface area (Å²) >= 11 is 0. The van der Waals surface area contributed by atoms with E-state index < -0.39 is 16.0 Å². The van der Waals surface area contributed by atoms with Crippen molar-refractivity contribution in [1.29, 1.82) is 0 Å². The van der Waals surface area contributed by atoms with Crippen molar-refractivity contribution in [2.45, 2.75) is 20.8 Å². The molecule has 1 rings (SSSR count). The number of hydrogen-bond acceptors (Lipinski definition) is 3. The van der Waals surface area contributed by atoms with Crippen LogP contribution in [0.4, 0.5) is 5.69 Å². The molecule has 0 aliphatic carbocycles.